The molecule has 0 saturated heterocycles. The highest BCUT2D eigenvalue weighted by Crippen LogP contribution is 2.51. The van der Waals surface area contributed by atoms with Crippen LogP contribution in [0.15, 0.2) is 21.7 Å². The highest BCUT2D eigenvalue weighted by atomic mass is 79.9. The van der Waals surface area contributed by atoms with E-state index in [4.69, 9.17) is 0 Å². The Morgan fingerprint density at radius 1 is 1.48 bits per heavy atom. The molecule has 8 nitrogen and oxygen atoms in total. The molecule has 2 atom stereocenters. The number of aliphatic imine (C=N–C) groups is 1. The molecule has 1 spiro atoms. The van der Waals surface area contributed by atoms with Crippen molar-refractivity contribution in [3.8, 4) is 0 Å². The first-order valence-corrected chi connectivity index (χ1v) is 10.7. The quantitative estimate of drug-likeness (QED) is 0.587. The minimum Gasteiger partial charge on any atom is -0.465 e. The number of halogens is 2. The van der Waals surface area contributed by atoms with Crippen LogP contribution in [0.2, 0.25) is 0 Å². The van der Waals surface area contributed by atoms with Crippen LogP contribution in [0.25, 0.3) is 0 Å². The molecule has 2 aliphatic rings. The predicted octanol–water partition coefficient (Wildman–Crippen LogP) is 1.97. The van der Waals surface area contributed by atoms with Crippen molar-refractivity contribution in [2.75, 3.05) is 6.61 Å². The van der Waals surface area contributed by atoms with E-state index >= 15 is 0 Å². The van der Waals surface area contributed by atoms with E-state index in [0.29, 0.717) is 10.9 Å². The third-order valence-corrected chi connectivity index (χ3v) is 9.02. The molecule has 1 amide bonds. The van der Waals surface area contributed by atoms with Crippen molar-refractivity contribution in [1.82, 2.24) is 10.3 Å². The molecule has 11 heteroatoms. The van der Waals surface area contributed by atoms with E-state index in [-0.39, 0.29) is 30.7 Å². The van der Waals surface area contributed by atoms with E-state index < -0.39 is 44.0 Å². The number of rotatable bonds is 3. The summed E-state index contributed by atoms with van der Waals surface area (Å²) in [7, 11) is -4.00. The van der Waals surface area contributed by atoms with E-state index in [9.17, 15) is 27.8 Å². The number of aromatic nitrogens is 1. The number of pyridine rings is 1. The van der Waals surface area contributed by atoms with Gasteiger partial charge in [0.15, 0.2) is 9.84 Å². The topological polar surface area (TPSA) is 129 Å². The van der Waals surface area contributed by atoms with Gasteiger partial charge in [-0.2, -0.15) is 4.39 Å². The molecule has 3 rings (SSSR count). The van der Waals surface area contributed by atoms with Gasteiger partial charge in [0, 0.05) is 22.8 Å². The zero-order chi connectivity index (χ0) is 20.0. The largest absolute Gasteiger partial charge is 0.465 e. The lowest BCUT2D eigenvalue weighted by Gasteiger charge is -2.51. The number of carbonyl (C=O) groups is 1. The lowest BCUT2D eigenvalue weighted by Crippen LogP contribution is -2.67. The minimum atomic E-state index is -4.00. The lowest BCUT2D eigenvalue weighted by molar-refractivity contribution is 0.198. The van der Waals surface area contributed by atoms with Crippen LogP contribution in [0.5, 0.6) is 0 Å². The molecule has 27 heavy (non-hydrogen) atoms. The van der Waals surface area contributed by atoms with Crippen LogP contribution in [0.1, 0.15) is 38.2 Å². The summed E-state index contributed by atoms with van der Waals surface area (Å²) in [6.45, 7) is 0.988. The molecule has 1 aromatic rings. The van der Waals surface area contributed by atoms with Gasteiger partial charge in [-0.1, -0.05) is 0 Å². The summed E-state index contributed by atoms with van der Waals surface area (Å²) in [5.41, 5.74) is -1.74. The summed E-state index contributed by atoms with van der Waals surface area (Å²) in [4.78, 5) is 19.3. The van der Waals surface area contributed by atoms with Crippen molar-refractivity contribution in [3.63, 3.8) is 0 Å². The summed E-state index contributed by atoms with van der Waals surface area (Å²) in [6.07, 6.45) is 0.697. The number of amidine groups is 1. The van der Waals surface area contributed by atoms with Gasteiger partial charge in [-0.05, 0) is 54.6 Å². The summed E-state index contributed by atoms with van der Waals surface area (Å²) < 4.78 is 40.5. The van der Waals surface area contributed by atoms with Gasteiger partial charge in [-0.15, -0.1) is 0 Å². The van der Waals surface area contributed by atoms with Crippen LogP contribution in [0.3, 0.4) is 0 Å². The van der Waals surface area contributed by atoms with Crippen molar-refractivity contribution < 1.29 is 27.8 Å². The molecule has 1 fully saturated rings. The summed E-state index contributed by atoms with van der Waals surface area (Å²) in [5.74, 6) is -1.10. The van der Waals surface area contributed by atoms with Gasteiger partial charge >= 0.3 is 6.09 Å². The van der Waals surface area contributed by atoms with Crippen molar-refractivity contribution in [2.45, 2.75) is 48.1 Å². The number of sulfone groups is 1. The predicted molar refractivity (Wildman–Crippen MR) is 98.8 cm³/mol. The van der Waals surface area contributed by atoms with Crippen LogP contribution in [0, 0.1) is 5.95 Å². The number of amides is 1. The van der Waals surface area contributed by atoms with Crippen molar-refractivity contribution in [3.05, 3.63) is 28.2 Å². The first-order chi connectivity index (χ1) is 12.6. The molecule has 0 aromatic carbocycles. The number of nitrogens with zero attached hydrogens (tertiary/aromatic N) is 2. The Kier molecular flexibility index (Phi) is 5.06. The molecule has 0 unspecified atom stereocenters. The SMILES string of the molecule is C[C@]1(c2cc(Br)cnc2F)N=C(NC(=O)O)C2(CCC2)S(=O)(=O)[C@@H]1CCO. The second-order valence-electron chi connectivity index (χ2n) is 6.92. The van der Waals surface area contributed by atoms with E-state index in [0.717, 1.165) is 0 Å². The van der Waals surface area contributed by atoms with Gasteiger partial charge in [-0.3, -0.25) is 10.3 Å². The molecule has 1 aromatic heterocycles. The molecule has 1 aliphatic heterocycles. The van der Waals surface area contributed by atoms with Crippen LogP contribution in [-0.2, 0) is 15.4 Å². The van der Waals surface area contributed by atoms with E-state index in [1.165, 1.54) is 19.2 Å². The molecule has 0 radical (unpaired) electrons. The normalized spacial score (nSPS) is 28.3. The number of hydrogen-bond acceptors (Lipinski definition) is 6. The fourth-order valence-electron chi connectivity index (χ4n) is 3.94. The summed E-state index contributed by atoms with van der Waals surface area (Å²) >= 11 is 3.19. The zero-order valence-corrected chi connectivity index (χ0v) is 16.8. The van der Waals surface area contributed by atoms with Gasteiger partial charge in [-0.25, -0.2) is 18.2 Å². The number of aliphatic hydroxyl groups excluding tert-OH is 1. The summed E-state index contributed by atoms with van der Waals surface area (Å²) in [5, 5.41) is 19.6. The monoisotopic (exact) mass is 463 g/mol. The first kappa shape index (κ1) is 20.2. The van der Waals surface area contributed by atoms with Gasteiger partial charge in [0.05, 0.1) is 5.25 Å². The molecule has 148 valence electrons. The minimum absolute atomic E-state index is 0.0854. The van der Waals surface area contributed by atoms with Crippen LogP contribution in [0.4, 0.5) is 9.18 Å². The van der Waals surface area contributed by atoms with Crippen molar-refractivity contribution >= 4 is 37.7 Å². The maximum atomic E-state index is 14.5. The maximum absolute atomic E-state index is 14.5. The molecule has 1 aliphatic carbocycles. The third-order valence-electron chi connectivity index (χ3n) is 5.45. The lowest BCUT2D eigenvalue weighted by atomic mass is 9.80. The van der Waals surface area contributed by atoms with Crippen molar-refractivity contribution in [2.24, 2.45) is 4.99 Å². The van der Waals surface area contributed by atoms with Gasteiger partial charge in [0.1, 0.15) is 16.1 Å². The molecule has 2 heterocycles. The highest BCUT2D eigenvalue weighted by molar-refractivity contribution is 9.10. The molecular weight excluding hydrogens is 445 g/mol. The average Bonchev–Trinajstić information content (AvgIpc) is 2.51. The van der Waals surface area contributed by atoms with Crippen LogP contribution >= 0.6 is 15.9 Å². The van der Waals surface area contributed by atoms with Crippen LogP contribution in [-0.4, -0.2) is 52.1 Å². The number of hydrogen-bond donors (Lipinski definition) is 3. The van der Waals surface area contributed by atoms with Crippen molar-refractivity contribution in [1.29, 1.82) is 0 Å². The zero-order valence-electron chi connectivity index (χ0n) is 14.4. The Morgan fingerprint density at radius 3 is 2.67 bits per heavy atom. The molecule has 0 bridgehead atoms. The smallest absolute Gasteiger partial charge is 0.410 e. The molecule has 1 saturated carbocycles. The fraction of sp³-hybridized carbons (Fsp3) is 0.562. The van der Waals surface area contributed by atoms with E-state index in [1.54, 1.807) is 0 Å². The Labute approximate surface area is 164 Å². The fourth-order valence-corrected chi connectivity index (χ4v) is 7.24. The third kappa shape index (κ3) is 2.95. The first-order valence-electron chi connectivity index (χ1n) is 8.34. The number of nitrogens with one attached hydrogen (secondary N) is 1. The van der Waals surface area contributed by atoms with E-state index in [1.807, 2.05) is 0 Å². The highest BCUT2D eigenvalue weighted by Gasteiger charge is 2.64. The maximum Gasteiger partial charge on any atom is 0.410 e. The van der Waals surface area contributed by atoms with E-state index in [2.05, 4.69) is 31.2 Å². The number of aliphatic hydroxyl groups is 1. The van der Waals surface area contributed by atoms with Gasteiger partial charge < -0.3 is 10.2 Å². The van der Waals surface area contributed by atoms with Crippen LogP contribution < -0.4 is 5.32 Å². The standard InChI is InChI=1S/C16H19BrFN3O5S/c1-15(10-7-9(17)8-19-12(10)18)11(3-6-22)27(25,26)16(4-2-5-16)13(21-15)20-14(23)24/h7-8,11,22H,2-6H2,1H3,(H,20,21)(H,23,24)/t11-,15-/m1/s1. The Balaban J connectivity index is 2.31. The van der Waals surface area contributed by atoms with Gasteiger partial charge in [0.2, 0.25) is 5.95 Å². The Morgan fingerprint density at radius 2 is 2.15 bits per heavy atom. The molecule has 3 N–H and O–H groups in total. The second kappa shape index (κ2) is 6.78. The van der Waals surface area contributed by atoms with Gasteiger partial charge in [0.25, 0.3) is 0 Å². The second-order valence-corrected chi connectivity index (χ2v) is 10.3. The summed E-state index contributed by atoms with van der Waals surface area (Å²) in [6, 6.07) is 1.38. The number of carboxylic acid groups (broad SMARTS) is 1. The molecular formula is C16H19BrFN3O5S. The average molecular weight is 464 g/mol. The Bertz CT molecular complexity index is 919. The Hall–Kier alpha value is -1.59.